The molecule has 0 atom stereocenters. The highest BCUT2D eigenvalue weighted by molar-refractivity contribution is 5.68. The van der Waals surface area contributed by atoms with E-state index in [-0.39, 0.29) is 5.97 Å². The first kappa shape index (κ1) is 19.7. The third-order valence-electron chi connectivity index (χ3n) is 3.24. The number of carbonyl (C=O) groups excluding carboxylic acids is 1. The predicted octanol–water partition coefficient (Wildman–Crippen LogP) is 5.75. The summed E-state index contributed by atoms with van der Waals surface area (Å²) in [6, 6.07) is 0. The minimum atomic E-state index is -0.0897. The maximum absolute atomic E-state index is 10.9. The van der Waals surface area contributed by atoms with Crippen molar-refractivity contribution in [3.05, 3.63) is 36.5 Å². The van der Waals surface area contributed by atoms with Gasteiger partial charge in [-0.2, -0.15) is 0 Å². The average Bonchev–Trinajstić information content (AvgIpc) is 2.50. The Morgan fingerprint density at radius 1 is 0.810 bits per heavy atom. The van der Waals surface area contributed by atoms with E-state index in [2.05, 4.69) is 48.1 Å². The number of methoxy groups -OCH3 is 1. The van der Waals surface area contributed by atoms with Crippen LogP contribution < -0.4 is 0 Å². The number of hydrogen-bond acceptors (Lipinski definition) is 2. The molecule has 0 spiro atoms. The quantitative estimate of drug-likeness (QED) is 0.245. The predicted molar refractivity (Wildman–Crippen MR) is 91.3 cm³/mol. The van der Waals surface area contributed by atoms with Crippen molar-refractivity contribution in [2.24, 2.45) is 0 Å². The average molecular weight is 292 g/mol. The second-order valence-electron chi connectivity index (χ2n) is 5.16. The van der Waals surface area contributed by atoms with E-state index in [1.807, 2.05) is 0 Å². The lowest BCUT2D eigenvalue weighted by atomic mass is 10.1. The summed E-state index contributed by atoms with van der Waals surface area (Å²) >= 11 is 0. The maximum Gasteiger partial charge on any atom is 0.305 e. The molecule has 0 N–H and O–H groups in total. The molecule has 21 heavy (non-hydrogen) atoms. The van der Waals surface area contributed by atoms with E-state index in [0.29, 0.717) is 6.42 Å². The van der Waals surface area contributed by atoms with Gasteiger partial charge in [0.1, 0.15) is 0 Å². The molecule has 0 unspecified atom stereocenters. The van der Waals surface area contributed by atoms with Crippen LogP contribution in [0.5, 0.6) is 0 Å². The first-order valence-electron chi connectivity index (χ1n) is 8.33. The molecule has 0 saturated heterocycles. The molecule has 0 aromatic rings. The van der Waals surface area contributed by atoms with Crippen LogP contribution in [-0.2, 0) is 9.53 Å². The van der Waals surface area contributed by atoms with Crippen molar-refractivity contribution < 1.29 is 9.53 Å². The van der Waals surface area contributed by atoms with E-state index in [0.717, 1.165) is 44.9 Å². The molecule has 0 aromatic carbocycles. The molecule has 0 aliphatic heterocycles. The van der Waals surface area contributed by atoms with Crippen molar-refractivity contribution in [2.45, 2.75) is 71.1 Å². The van der Waals surface area contributed by atoms with Crippen LogP contribution in [0.1, 0.15) is 71.1 Å². The minimum absolute atomic E-state index is 0.0897. The van der Waals surface area contributed by atoms with Crippen LogP contribution in [0.15, 0.2) is 36.5 Å². The Kier molecular flexibility index (Phi) is 15.7. The fourth-order valence-corrected chi connectivity index (χ4v) is 1.97. The largest absolute Gasteiger partial charge is 0.469 e. The smallest absolute Gasteiger partial charge is 0.305 e. The first-order valence-corrected chi connectivity index (χ1v) is 8.33. The van der Waals surface area contributed by atoms with Gasteiger partial charge in [0.25, 0.3) is 0 Å². The monoisotopic (exact) mass is 292 g/mol. The van der Waals surface area contributed by atoms with Gasteiger partial charge in [-0.1, -0.05) is 56.2 Å². The van der Waals surface area contributed by atoms with Crippen molar-refractivity contribution in [3.8, 4) is 0 Å². The summed E-state index contributed by atoms with van der Waals surface area (Å²) in [6.45, 7) is 2.16. The van der Waals surface area contributed by atoms with Crippen LogP contribution >= 0.6 is 0 Å². The zero-order valence-electron chi connectivity index (χ0n) is 13.9. The normalized spacial score (nSPS) is 11.9. The highest BCUT2D eigenvalue weighted by atomic mass is 16.5. The summed E-state index contributed by atoms with van der Waals surface area (Å²) in [6.07, 6.45) is 24.1. The summed E-state index contributed by atoms with van der Waals surface area (Å²) in [5.41, 5.74) is 0. The second kappa shape index (κ2) is 16.7. The lowest BCUT2D eigenvalue weighted by Gasteiger charge is -1.99. The number of unbranched alkanes of at least 4 members (excludes halogenated alkanes) is 5. The Balaban J connectivity index is 3.26. The molecule has 0 heterocycles. The van der Waals surface area contributed by atoms with Crippen molar-refractivity contribution in [1.29, 1.82) is 0 Å². The van der Waals surface area contributed by atoms with Crippen LogP contribution in [0.25, 0.3) is 0 Å². The van der Waals surface area contributed by atoms with Crippen molar-refractivity contribution >= 4 is 5.97 Å². The Labute approximate surface area is 131 Å². The molecule has 0 saturated carbocycles. The molecule has 0 aliphatic carbocycles. The minimum Gasteiger partial charge on any atom is -0.469 e. The molecule has 0 bridgehead atoms. The van der Waals surface area contributed by atoms with Crippen LogP contribution in [-0.4, -0.2) is 13.1 Å². The topological polar surface area (TPSA) is 26.3 Å². The standard InChI is InChI=1S/C19H32O2/c1-3-4-5-6-7-8-9-10-11-12-13-14-15-16-17-18-19(20)21-2/h4-5,7-8,11-12H,3,6,9-10,13-18H2,1-2H3/b5-4?,8-7-,12-11-. The summed E-state index contributed by atoms with van der Waals surface area (Å²) in [7, 11) is 1.45. The van der Waals surface area contributed by atoms with Crippen LogP contribution in [0, 0.1) is 0 Å². The molecule has 0 aromatic heterocycles. The highest BCUT2D eigenvalue weighted by Gasteiger charge is 1.98. The number of esters is 1. The summed E-state index contributed by atoms with van der Waals surface area (Å²) in [4.78, 5) is 10.9. The fraction of sp³-hybridized carbons (Fsp3) is 0.632. The summed E-state index contributed by atoms with van der Waals surface area (Å²) < 4.78 is 4.61. The number of carbonyl (C=O) groups is 1. The van der Waals surface area contributed by atoms with Gasteiger partial charge in [0.05, 0.1) is 7.11 Å². The van der Waals surface area contributed by atoms with Gasteiger partial charge in [0.2, 0.25) is 0 Å². The third kappa shape index (κ3) is 16.6. The van der Waals surface area contributed by atoms with Gasteiger partial charge in [-0.05, 0) is 44.9 Å². The Bertz CT molecular complexity index is 314. The number of ether oxygens (including phenoxy) is 1. The zero-order chi connectivity index (χ0) is 15.6. The lowest BCUT2D eigenvalue weighted by Crippen LogP contribution is -1.98. The maximum atomic E-state index is 10.9. The molecule has 2 heteroatoms. The highest BCUT2D eigenvalue weighted by Crippen LogP contribution is 2.07. The van der Waals surface area contributed by atoms with E-state index in [1.54, 1.807) is 0 Å². The molecular weight excluding hydrogens is 260 g/mol. The first-order chi connectivity index (χ1) is 10.3. The third-order valence-corrected chi connectivity index (χ3v) is 3.24. The SMILES string of the molecule is CCC=CC/C=C\CC/C=C\CCCCCCC(=O)OC. The molecule has 2 nitrogen and oxygen atoms in total. The van der Waals surface area contributed by atoms with Gasteiger partial charge in [-0.25, -0.2) is 0 Å². The van der Waals surface area contributed by atoms with E-state index < -0.39 is 0 Å². The molecule has 0 rings (SSSR count). The van der Waals surface area contributed by atoms with Crippen molar-refractivity contribution in [1.82, 2.24) is 0 Å². The van der Waals surface area contributed by atoms with Crippen molar-refractivity contribution in [2.75, 3.05) is 7.11 Å². The fourth-order valence-electron chi connectivity index (χ4n) is 1.97. The molecule has 120 valence electrons. The Morgan fingerprint density at radius 3 is 2.14 bits per heavy atom. The van der Waals surface area contributed by atoms with Crippen LogP contribution in [0.4, 0.5) is 0 Å². The van der Waals surface area contributed by atoms with Gasteiger partial charge in [-0.15, -0.1) is 0 Å². The van der Waals surface area contributed by atoms with E-state index in [1.165, 1.54) is 20.0 Å². The molecule has 0 amide bonds. The lowest BCUT2D eigenvalue weighted by molar-refractivity contribution is -0.140. The Morgan fingerprint density at radius 2 is 1.43 bits per heavy atom. The number of rotatable bonds is 13. The summed E-state index contributed by atoms with van der Waals surface area (Å²) in [5.74, 6) is -0.0897. The summed E-state index contributed by atoms with van der Waals surface area (Å²) in [5, 5.41) is 0. The van der Waals surface area contributed by atoms with Gasteiger partial charge < -0.3 is 4.74 Å². The van der Waals surface area contributed by atoms with Gasteiger partial charge in [0, 0.05) is 6.42 Å². The number of hydrogen-bond donors (Lipinski definition) is 0. The molecular formula is C19H32O2. The molecule has 0 radical (unpaired) electrons. The van der Waals surface area contributed by atoms with Gasteiger partial charge >= 0.3 is 5.97 Å². The molecule has 0 fully saturated rings. The Hall–Kier alpha value is -1.31. The van der Waals surface area contributed by atoms with Gasteiger partial charge in [-0.3, -0.25) is 4.79 Å². The number of allylic oxidation sites excluding steroid dienone is 6. The second-order valence-corrected chi connectivity index (χ2v) is 5.16. The zero-order valence-corrected chi connectivity index (χ0v) is 13.9. The van der Waals surface area contributed by atoms with Crippen LogP contribution in [0.3, 0.4) is 0 Å². The van der Waals surface area contributed by atoms with E-state index in [4.69, 9.17) is 0 Å². The molecule has 0 aliphatic rings. The van der Waals surface area contributed by atoms with Gasteiger partial charge in [0.15, 0.2) is 0 Å². The van der Waals surface area contributed by atoms with Crippen LogP contribution in [0.2, 0.25) is 0 Å². The van der Waals surface area contributed by atoms with E-state index in [9.17, 15) is 4.79 Å². The van der Waals surface area contributed by atoms with Crippen molar-refractivity contribution in [3.63, 3.8) is 0 Å². The van der Waals surface area contributed by atoms with E-state index >= 15 is 0 Å².